The van der Waals surface area contributed by atoms with E-state index in [0.717, 1.165) is 0 Å². The van der Waals surface area contributed by atoms with Gasteiger partial charge in [-0.25, -0.2) is 0 Å². The van der Waals surface area contributed by atoms with Crippen LogP contribution in [0.4, 0.5) is 0 Å². The Morgan fingerprint density at radius 1 is 0.833 bits per heavy atom. The molecule has 2 heteroatoms. The van der Waals surface area contributed by atoms with Gasteiger partial charge in [0.15, 0.2) is 0 Å². The molecule has 0 aromatic rings. The van der Waals surface area contributed by atoms with Crippen molar-refractivity contribution in [3.63, 3.8) is 0 Å². The van der Waals surface area contributed by atoms with Gasteiger partial charge in [0.25, 0.3) is 0 Å². The highest BCUT2D eigenvalue weighted by Gasteiger charge is 2.21. The molecule has 0 radical (unpaired) electrons. The summed E-state index contributed by atoms with van der Waals surface area (Å²) in [6.45, 7) is 3.96. The highest BCUT2D eigenvalue weighted by Crippen LogP contribution is 2.20. The largest absolute Gasteiger partial charge is 0.300 e. The van der Waals surface area contributed by atoms with Crippen molar-refractivity contribution < 1.29 is 9.59 Å². The minimum Gasteiger partial charge on any atom is -0.300 e. The molecule has 1 rings (SSSR count). The number of rotatable bonds is 0. The van der Waals surface area contributed by atoms with Crippen LogP contribution in [0.5, 0.6) is 0 Å². The van der Waals surface area contributed by atoms with Crippen molar-refractivity contribution in [2.45, 2.75) is 39.5 Å². The summed E-state index contributed by atoms with van der Waals surface area (Å²) < 4.78 is 0. The van der Waals surface area contributed by atoms with Gasteiger partial charge in [0.2, 0.25) is 0 Å². The second-order valence-electron chi connectivity index (χ2n) is 4.10. The second kappa shape index (κ2) is 3.83. The molecule has 1 fully saturated rings. The van der Waals surface area contributed by atoms with E-state index in [1.807, 2.05) is 13.8 Å². The quantitative estimate of drug-likeness (QED) is 0.554. The van der Waals surface area contributed by atoms with Gasteiger partial charge in [0.1, 0.15) is 11.6 Å². The molecule has 68 valence electrons. The Morgan fingerprint density at radius 3 is 1.33 bits per heavy atom. The highest BCUT2D eigenvalue weighted by molar-refractivity contribution is 5.84. The molecule has 1 aliphatic rings. The smallest absolute Gasteiger partial charge is 0.133 e. The summed E-state index contributed by atoms with van der Waals surface area (Å²) in [6.07, 6.45) is 2.37. The van der Waals surface area contributed by atoms with Crippen molar-refractivity contribution in [2.75, 3.05) is 0 Å². The average Bonchev–Trinajstić information content (AvgIpc) is 1.81. The van der Waals surface area contributed by atoms with E-state index in [-0.39, 0.29) is 11.8 Å². The summed E-state index contributed by atoms with van der Waals surface area (Å²) in [7, 11) is 0. The molecule has 12 heavy (non-hydrogen) atoms. The first-order valence-corrected chi connectivity index (χ1v) is 4.61. The average molecular weight is 168 g/mol. The molecule has 0 spiro atoms. The van der Waals surface area contributed by atoms with Gasteiger partial charge in [-0.2, -0.15) is 0 Å². The predicted octanol–water partition coefficient (Wildman–Crippen LogP) is 1.97. The Hall–Kier alpha value is -0.660. The molecule has 0 unspecified atom stereocenters. The molecule has 1 aliphatic carbocycles. The molecule has 0 heterocycles. The van der Waals surface area contributed by atoms with Crippen LogP contribution in [0.2, 0.25) is 0 Å². The van der Waals surface area contributed by atoms with Crippen molar-refractivity contribution in [2.24, 2.45) is 11.8 Å². The second-order valence-corrected chi connectivity index (χ2v) is 4.10. The van der Waals surface area contributed by atoms with Crippen LogP contribution < -0.4 is 0 Å². The summed E-state index contributed by atoms with van der Waals surface area (Å²) in [4.78, 5) is 22.5. The van der Waals surface area contributed by atoms with E-state index < -0.39 is 0 Å². The van der Waals surface area contributed by atoms with E-state index in [1.54, 1.807) is 0 Å². The molecule has 1 saturated carbocycles. The number of Topliss-reactive ketones (excluding diaryl/α,β-unsaturated/α-hetero) is 2. The predicted molar refractivity (Wildman–Crippen MR) is 46.8 cm³/mol. The molecule has 0 aliphatic heterocycles. The Bertz CT molecular complexity index is 158. The van der Waals surface area contributed by atoms with E-state index >= 15 is 0 Å². The first kappa shape index (κ1) is 9.43. The maximum absolute atomic E-state index is 11.3. The third kappa shape index (κ3) is 2.76. The van der Waals surface area contributed by atoms with Gasteiger partial charge >= 0.3 is 0 Å². The van der Waals surface area contributed by atoms with Crippen LogP contribution in [-0.4, -0.2) is 11.6 Å². The lowest BCUT2D eigenvalue weighted by Crippen LogP contribution is -2.19. The Morgan fingerprint density at radius 2 is 1.08 bits per heavy atom. The topological polar surface area (TPSA) is 34.1 Å². The molecule has 0 N–H and O–H groups in total. The van der Waals surface area contributed by atoms with Gasteiger partial charge in [0.05, 0.1) is 0 Å². The van der Waals surface area contributed by atoms with Crippen LogP contribution in [0, 0.1) is 11.8 Å². The summed E-state index contributed by atoms with van der Waals surface area (Å²) in [6, 6.07) is 0. The van der Waals surface area contributed by atoms with Gasteiger partial charge in [-0.3, -0.25) is 9.59 Å². The maximum Gasteiger partial charge on any atom is 0.133 e. The van der Waals surface area contributed by atoms with Crippen LogP contribution in [0.3, 0.4) is 0 Å². The van der Waals surface area contributed by atoms with Crippen molar-refractivity contribution in [1.82, 2.24) is 0 Å². The monoisotopic (exact) mass is 168 g/mol. The van der Waals surface area contributed by atoms with Crippen LogP contribution in [0.25, 0.3) is 0 Å². The lowest BCUT2D eigenvalue weighted by atomic mass is 9.86. The third-order valence-corrected chi connectivity index (χ3v) is 2.30. The van der Waals surface area contributed by atoms with Gasteiger partial charge in [-0.1, -0.05) is 13.8 Å². The van der Waals surface area contributed by atoms with E-state index in [4.69, 9.17) is 0 Å². The molecule has 0 aromatic carbocycles. The minimum absolute atomic E-state index is 0.262. The summed E-state index contributed by atoms with van der Waals surface area (Å²) >= 11 is 0. The van der Waals surface area contributed by atoms with Crippen LogP contribution in [0.15, 0.2) is 0 Å². The lowest BCUT2D eigenvalue weighted by molar-refractivity contribution is -0.125. The fourth-order valence-corrected chi connectivity index (χ4v) is 1.87. The molecular formula is C10H16O2. The zero-order valence-corrected chi connectivity index (χ0v) is 7.80. The molecule has 0 amide bonds. The van der Waals surface area contributed by atoms with Gasteiger partial charge in [-0.15, -0.1) is 0 Å². The highest BCUT2D eigenvalue weighted by atomic mass is 16.1. The van der Waals surface area contributed by atoms with E-state index in [2.05, 4.69) is 0 Å². The van der Waals surface area contributed by atoms with E-state index in [1.165, 1.54) is 0 Å². The number of carbonyl (C=O) groups excluding carboxylic acids is 2. The fraction of sp³-hybridized carbons (Fsp3) is 0.800. The zero-order valence-electron chi connectivity index (χ0n) is 7.80. The number of carbonyl (C=O) groups is 2. The Balaban J connectivity index is 2.57. The molecule has 0 bridgehead atoms. The van der Waals surface area contributed by atoms with Gasteiger partial charge < -0.3 is 0 Å². The molecule has 2 nitrogen and oxygen atoms in total. The lowest BCUT2D eigenvalue weighted by Gasteiger charge is -2.17. The van der Waals surface area contributed by atoms with Crippen LogP contribution >= 0.6 is 0 Å². The van der Waals surface area contributed by atoms with Crippen molar-refractivity contribution >= 4 is 11.6 Å². The van der Waals surface area contributed by atoms with Crippen molar-refractivity contribution in [1.29, 1.82) is 0 Å². The Kier molecular flexibility index (Phi) is 3.01. The first-order valence-electron chi connectivity index (χ1n) is 4.61. The summed E-state index contributed by atoms with van der Waals surface area (Å²) in [5, 5.41) is 0. The fourth-order valence-electron chi connectivity index (χ4n) is 1.87. The molecular weight excluding hydrogens is 152 g/mol. The number of hydrogen-bond donors (Lipinski definition) is 0. The molecule has 0 atom stereocenters. The van der Waals surface area contributed by atoms with Gasteiger partial charge in [-0.05, 0) is 11.8 Å². The van der Waals surface area contributed by atoms with Crippen LogP contribution in [-0.2, 0) is 9.59 Å². The maximum atomic E-state index is 11.3. The van der Waals surface area contributed by atoms with E-state index in [9.17, 15) is 9.59 Å². The summed E-state index contributed by atoms with van der Waals surface area (Å²) in [5.41, 5.74) is 0. The third-order valence-electron chi connectivity index (χ3n) is 2.30. The Labute approximate surface area is 73.3 Å². The standard InChI is InChI=1S/C10H16O2/c1-7-3-9(11)5-8(2)6-10(12)4-7/h7-8H,3-6H2,1-2H3. The minimum atomic E-state index is 0.262. The number of hydrogen-bond acceptors (Lipinski definition) is 2. The number of ketones is 2. The summed E-state index contributed by atoms with van der Waals surface area (Å²) in [5.74, 6) is 1.17. The normalized spacial score (nSPS) is 32.8. The molecule has 0 aromatic heterocycles. The van der Waals surface area contributed by atoms with Gasteiger partial charge in [0, 0.05) is 25.7 Å². The van der Waals surface area contributed by atoms with E-state index in [0.29, 0.717) is 37.2 Å². The van der Waals surface area contributed by atoms with Crippen molar-refractivity contribution in [3.8, 4) is 0 Å². The van der Waals surface area contributed by atoms with Crippen molar-refractivity contribution in [3.05, 3.63) is 0 Å². The first-order chi connectivity index (χ1) is 5.58. The van der Waals surface area contributed by atoms with Crippen LogP contribution in [0.1, 0.15) is 39.5 Å². The zero-order chi connectivity index (χ0) is 9.14. The SMILES string of the molecule is CC1CC(=O)CC(C)CC(=O)C1. The molecule has 0 saturated heterocycles.